The Morgan fingerprint density at radius 1 is 1.37 bits per heavy atom. The third-order valence-corrected chi connectivity index (χ3v) is 3.64. The predicted molar refractivity (Wildman–Crippen MR) is 66.7 cm³/mol. The lowest BCUT2D eigenvalue weighted by Gasteiger charge is -2.19. The molecule has 2 aliphatic rings. The number of amides is 1. The van der Waals surface area contributed by atoms with Crippen LogP contribution in [0, 0.1) is 5.82 Å². The fourth-order valence-corrected chi connectivity index (χ4v) is 2.67. The number of carbonyl (C=O) groups is 2. The summed E-state index contributed by atoms with van der Waals surface area (Å²) >= 11 is 0. The molecule has 2 aliphatic heterocycles. The maximum absolute atomic E-state index is 13.8. The van der Waals surface area contributed by atoms with Crippen LogP contribution >= 0.6 is 0 Å². The molecule has 5 heteroatoms. The van der Waals surface area contributed by atoms with E-state index in [1.165, 1.54) is 23.1 Å². The first kappa shape index (κ1) is 12.3. The molecule has 100 valence electrons. The predicted octanol–water partition coefficient (Wildman–Crippen LogP) is 1.92. The maximum Gasteiger partial charge on any atom is 0.299 e. The molecule has 19 heavy (non-hydrogen) atoms. The second-order valence-corrected chi connectivity index (χ2v) is 4.85. The van der Waals surface area contributed by atoms with Gasteiger partial charge in [0.05, 0.1) is 17.4 Å². The van der Waals surface area contributed by atoms with Gasteiger partial charge >= 0.3 is 0 Å². The standard InChI is InChI=1S/C14H14FNO3/c15-11-5-1-4-10-12(11)16(14(18)13(10)17)7-6-9-3-2-8-19-9/h1,4-5,9H,2-3,6-8H2. The number of hydrogen-bond acceptors (Lipinski definition) is 3. The Hall–Kier alpha value is -1.75. The molecule has 1 saturated heterocycles. The first-order chi connectivity index (χ1) is 9.18. The minimum Gasteiger partial charge on any atom is -0.378 e. The van der Waals surface area contributed by atoms with Crippen LogP contribution in [-0.4, -0.2) is 30.9 Å². The summed E-state index contributed by atoms with van der Waals surface area (Å²) in [4.78, 5) is 24.9. The number of hydrogen-bond donors (Lipinski definition) is 0. The summed E-state index contributed by atoms with van der Waals surface area (Å²) in [5, 5.41) is 0. The van der Waals surface area contributed by atoms with Crippen LogP contribution in [0.4, 0.5) is 10.1 Å². The Morgan fingerprint density at radius 2 is 2.21 bits per heavy atom. The van der Waals surface area contributed by atoms with Crippen LogP contribution in [-0.2, 0) is 9.53 Å². The second-order valence-electron chi connectivity index (χ2n) is 4.85. The molecule has 1 amide bonds. The van der Waals surface area contributed by atoms with Crippen molar-refractivity contribution >= 4 is 17.4 Å². The molecule has 1 atom stereocenters. The number of ether oxygens (including phenoxy) is 1. The smallest absolute Gasteiger partial charge is 0.299 e. The van der Waals surface area contributed by atoms with Gasteiger partial charge in [-0.3, -0.25) is 9.59 Å². The lowest BCUT2D eigenvalue weighted by atomic mass is 10.1. The number of para-hydroxylation sites is 1. The van der Waals surface area contributed by atoms with E-state index in [9.17, 15) is 14.0 Å². The minimum atomic E-state index is -0.641. The molecule has 1 fully saturated rings. The van der Waals surface area contributed by atoms with E-state index in [1.807, 2.05) is 0 Å². The van der Waals surface area contributed by atoms with Crippen LogP contribution < -0.4 is 4.90 Å². The van der Waals surface area contributed by atoms with Crippen molar-refractivity contribution in [2.75, 3.05) is 18.1 Å². The lowest BCUT2D eigenvalue weighted by Crippen LogP contribution is -2.32. The molecule has 4 nitrogen and oxygen atoms in total. The van der Waals surface area contributed by atoms with Gasteiger partial charge in [-0.25, -0.2) is 4.39 Å². The highest BCUT2D eigenvalue weighted by atomic mass is 19.1. The van der Waals surface area contributed by atoms with E-state index in [0.717, 1.165) is 19.4 Å². The van der Waals surface area contributed by atoms with Crippen molar-refractivity contribution in [3.05, 3.63) is 29.6 Å². The molecule has 0 N–H and O–H groups in total. The highest BCUT2D eigenvalue weighted by Gasteiger charge is 2.38. The van der Waals surface area contributed by atoms with Crippen LogP contribution in [0.1, 0.15) is 29.6 Å². The third-order valence-electron chi connectivity index (χ3n) is 3.64. The summed E-state index contributed by atoms with van der Waals surface area (Å²) in [6, 6.07) is 4.21. The van der Waals surface area contributed by atoms with E-state index in [2.05, 4.69) is 0 Å². The number of fused-ring (bicyclic) bond motifs is 1. The van der Waals surface area contributed by atoms with E-state index in [4.69, 9.17) is 4.74 Å². The number of Topliss-reactive ketones (excluding diaryl/α,β-unsaturated/α-hetero) is 1. The quantitative estimate of drug-likeness (QED) is 0.783. The average molecular weight is 263 g/mol. The van der Waals surface area contributed by atoms with E-state index in [1.54, 1.807) is 0 Å². The highest BCUT2D eigenvalue weighted by Crippen LogP contribution is 2.32. The third kappa shape index (κ3) is 2.04. The van der Waals surface area contributed by atoms with Crippen LogP contribution in [0.15, 0.2) is 18.2 Å². The largest absolute Gasteiger partial charge is 0.378 e. The molecule has 0 radical (unpaired) electrons. The van der Waals surface area contributed by atoms with E-state index in [-0.39, 0.29) is 17.4 Å². The van der Waals surface area contributed by atoms with Crippen molar-refractivity contribution in [1.82, 2.24) is 0 Å². The summed E-state index contributed by atoms with van der Waals surface area (Å²) in [6.07, 6.45) is 2.72. The Kier molecular flexibility index (Phi) is 3.06. The van der Waals surface area contributed by atoms with Gasteiger partial charge in [0, 0.05) is 13.2 Å². The SMILES string of the molecule is O=C1C(=O)N(CCC2CCCO2)c2c(F)cccc21. The summed E-state index contributed by atoms with van der Waals surface area (Å²) in [6.45, 7) is 1.06. The number of nitrogens with zero attached hydrogens (tertiary/aromatic N) is 1. The van der Waals surface area contributed by atoms with Gasteiger partial charge < -0.3 is 9.64 Å². The zero-order valence-electron chi connectivity index (χ0n) is 10.4. The molecule has 3 rings (SSSR count). The number of ketones is 1. The Morgan fingerprint density at radius 3 is 2.95 bits per heavy atom. The number of rotatable bonds is 3. The Labute approximate surface area is 110 Å². The van der Waals surface area contributed by atoms with Crippen molar-refractivity contribution in [3.63, 3.8) is 0 Å². The van der Waals surface area contributed by atoms with Gasteiger partial charge in [0.1, 0.15) is 5.82 Å². The van der Waals surface area contributed by atoms with Gasteiger partial charge in [0.2, 0.25) is 0 Å². The molecule has 1 aromatic rings. The van der Waals surface area contributed by atoms with Gasteiger partial charge in [0.15, 0.2) is 0 Å². The second kappa shape index (κ2) is 4.74. The molecular formula is C14H14FNO3. The molecule has 1 aromatic carbocycles. The van der Waals surface area contributed by atoms with Crippen LogP contribution in [0.3, 0.4) is 0 Å². The molecule has 2 heterocycles. The Balaban J connectivity index is 1.82. The molecule has 1 unspecified atom stereocenters. The van der Waals surface area contributed by atoms with Crippen LogP contribution in [0.25, 0.3) is 0 Å². The highest BCUT2D eigenvalue weighted by molar-refractivity contribution is 6.52. The molecule has 0 bridgehead atoms. The van der Waals surface area contributed by atoms with Gasteiger partial charge in [-0.1, -0.05) is 6.07 Å². The van der Waals surface area contributed by atoms with E-state index >= 15 is 0 Å². The number of halogens is 1. The molecule has 0 saturated carbocycles. The van der Waals surface area contributed by atoms with Gasteiger partial charge in [0.25, 0.3) is 11.7 Å². The monoisotopic (exact) mass is 263 g/mol. The zero-order chi connectivity index (χ0) is 13.4. The van der Waals surface area contributed by atoms with Crippen LogP contribution in [0.2, 0.25) is 0 Å². The van der Waals surface area contributed by atoms with Gasteiger partial charge in [-0.05, 0) is 31.4 Å². The maximum atomic E-state index is 13.8. The van der Waals surface area contributed by atoms with E-state index < -0.39 is 17.5 Å². The van der Waals surface area contributed by atoms with Crippen molar-refractivity contribution in [3.8, 4) is 0 Å². The topological polar surface area (TPSA) is 46.6 Å². The van der Waals surface area contributed by atoms with E-state index in [0.29, 0.717) is 13.0 Å². The van der Waals surface area contributed by atoms with Crippen molar-refractivity contribution in [2.45, 2.75) is 25.4 Å². The minimum absolute atomic E-state index is 0.110. The van der Waals surface area contributed by atoms with Crippen LogP contribution in [0.5, 0.6) is 0 Å². The Bertz CT molecular complexity index is 537. The molecule has 0 aliphatic carbocycles. The van der Waals surface area contributed by atoms with Crippen molar-refractivity contribution in [1.29, 1.82) is 0 Å². The summed E-state index contributed by atoms with van der Waals surface area (Å²) in [7, 11) is 0. The number of benzene rings is 1. The average Bonchev–Trinajstić information content (AvgIpc) is 2.99. The lowest BCUT2D eigenvalue weighted by molar-refractivity contribution is -0.114. The molecule has 0 spiro atoms. The van der Waals surface area contributed by atoms with Gasteiger partial charge in [-0.15, -0.1) is 0 Å². The van der Waals surface area contributed by atoms with Crippen molar-refractivity contribution in [2.24, 2.45) is 0 Å². The summed E-state index contributed by atoms with van der Waals surface area (Å²) in [5.41, 5.74) is 0.285. The normalized spacial score (nSPS) is 22.2. The first-order valence-electron chi connectivity index (χ1n) is 6.45. The zero-order valence-corrected chi connectivity index (χ0v) is 10.4. The van der Waals surface area contributed by atoms with Gasteiger partial charge in [-0.2, -0.15) is 0 Å². The fourth-order valence-electron chi connectivity index (χ4n) is 2.67. The van der Waals surface area contributed by atoms with Crippen molar-refractivity contribution < 1.29 is 18.7 Å². The number of anilines is 1. The first-order valence-corrected chi connectivity index (χ1v) is 6.45. The number of carbonyl (C=O) groups excluding carboxylic acids is 2. The molecular weight excluding hydrogens is 249 g/mol. The summed E-state index contributed by atoms with van der Waals surface area (Å²) < 4.78 is 19.3. The fraction of sp³-hybridized carbons (Fsp3) is 0.429. The molecule has 0 aromatic heterocycles. The summed E-state index contributed by atoms with van der Waals surface area (Å²) in [5.74, 6) is -1.79.